The van der Waals surface area contributed by atoms with Gasteiger partial charge in [-0.05, 0) is 30.7 Å². The maximum absolute atomic E-state index is 12.0. The fourth-order valence-electron chi connectivity index (χ4n) is 2.03. The number of aromatic nitrogens is 2. The van der Waals surface area contributed by atoms with E-state index >= 15 is 0 Å². The Kier molecular flexibility index (Phi) is 4.73. The number of benzene rings is 1. The number of aryl methyl sites for hydroxylation is 1. The summed E-state index contributed by atoms with van der Waals surface area (Å²) in [6.07, 6.45) is 0.213. The number of amides is 1. The largest absolute Gasteiger partial charge is 0.418 e. The summed E-state index contributed by atoms with van der Waals surface area (Å²) in [5.41, 5.74) is 0.784. The topological polar surface area (TPSA) is 68.0 Å². The summed E-state index contributed by atoms with van der Waals surface area (Å²) in [7, 11) is 0. The van der Waals surface area contributed by atoms with Crippen LogP contribution >= 0.6 is 22.9 Å². The minimum absolute atomic E-state index is 0.148. The highest BCUT2D eigenvalue weighted by molar-refractivity contribution is 7.15. The lowest BCUT2D eigenvalue weighted by molar-refractivity contribution is -0.120. The highest BCUT2D eigenvalue weighted by atomic mass is 35.5. The van der Waals surface area contributed by atoms with Crippen LogP contribution in [0, 0.1) is 6.92 Å². The Morgan fingerprint density at radius 3 is 2.83 bits per heavy atom. The van der Waals surface area contributed by atoms with Gasteiger partial charge in [0.05, 0.1) is 17.8 Å². The average molecular weight is 348 g/mol. The maximum Gasteiger partial charge on any atom is 0.257 e. The minimum atomic E-state index is -0.148. The van der Waals surface area contributed by atoms with E-state index in [1.54, 1.807) is 17.4 Å². The van der Waals surface area contributed by atoms with Crippen molar-refractivity contribution in [1.82, 2.24) is 15.5 Å². The normalized spacial score (nSPS) is 10.7. The summed E-state index contributed by atoms with van der Waals surface area (Å²) in [5, 5.41) is 11.3. The van der Waals surface area contributed by atoms with Crippen molar-refractivity contribution in [2.24, 2.45) is 0 Å². The smallest absolute Gasteiger partial charge is 0.257 e. The van der Waals surface area contributed by atoms with Gasteiger partial charge in [0.15, 0.2) is 0 Å². The molecule has 0 aliphatic carbocycles. The third kappa shape index (κ3) is 3.97. The zero-order valence-corrected chi connectivity index (χ0v) is 13.9. The molecule has 0 saturated heterocycles. The van der Waals surface area contributed by atoms with E-state index in [0.717, 1.165) is 10.4 Å². The number of rotatable bonds is 5. The minimum Gasteiger partial charge on any atom is -0.418 e. The van der Waals surface area contributed by atoms with Gasteiger partial charge in [0.1, 0.15) is 0 Å². The molecule has 2 heterocycles. The predicted octanol–water partition coefficient (Wildman–Crippen LogP) is 3.62. The van der Waals surface area contributed by atoms with Gasteiger partial charge in [-0.3, -0.25) is 4.79 Å². The molecule has 0 saturated carbocycles. The molecule has 0 spiro atoms. The maximum atomic E-state index is 12.0. The molecule has 0 unspecified atom stereocenters. The van der Waals surface area contributed by atoms with Crippen LogP contribution in [0.4, 0.5) is 0 Å². The molecule has 0 aliphatic heterocycles. The van der Waals surface area contributed by atoms with Gasteiger partial charge in [-0.15, -0.1) is 21.5 Å². The molecule has 2 aromatic heterocycles. The van der Waals surface area contributed by atoms with Crippen molar-refractivity contribution >= 4 is 28.8 Å². The molecule has 3 rings (SSSR count). The first-order valence-electron chi connectivity index (χ1n) is 7.01. The first-order chi connectivity index (χ1) is 11.1. The molecular formula is C16H14ClN3O2S. The first kappa shape index (κ1) is 15.7. The van der Waals surface area contributed by atoms with Gasteiger partial charge in [0.25, 0.3) is 5.89 Å². The van der Waals surface area contributed by atoms with Crippen molar-refractivity contribution in [3.63, 3.8) is 0 Å². The second kappa shape index (κ2) is 6.93. The summed E-state index contributed by atoms with van der Waals surface area (Å²) in [5.74, 6) is 0.696. The van der Waals surface area contributed by atoms with Crippen LogP contribution in [0.15, 0.2) is 40.8 Å². The predicted molar refractivity (Wildman–Crippen MR) is 89.4 cm³/mol. The highest BCUT2D eigenvalue weighted by Gasteiger charge is 2.12. The molecule has 1 amide bonds. The lowest BCUT2D eigenvalue weighted by Gasteiger charge is -2.04. The zero-order valence-electron chi connectivity index (χ0n) is 12.4. The quantitative estimate of drug-likeness (QED) is 0.765. The number of thiophene rings is 1. The zero-order chi connectivity index (χ0) is 16.2. The third-order valence-electron chi connectivity index (χ3n) is 3.16. The summed E-state index contributed by atoms with van der Waals surface area (Å²) < 4.78 is 5.55. The Balaban J connectivity index is 1.57. The molecular weight excluding hydrogens is 334 g/mol. The van der Waals surface area contributed by atoms with Crippen LogP contribution in [0.25, 0.3) is 10.8 Å². The van der Waals surface area contributed by atoms with E-state index in [1.165, 1.54) is 4.88 Å². The van der Waals surface area contributed by atoms with Crippen molar-refractivity contribution in [3.05, 3.63) is 57.8 Å². The van der Waals surface area contributed by atoms with E-state index in [-0.39, 0.29) is 18.9 Å². The Morgan fingerprint density at radius 1 is 1.26 bits per heavy atom. The molecule has 1 N–H and O–H groups in total. The van der Waals surface area contributed by atoms with Gasteiger partial charge in [-0.1, -0.05) is 29.8 Å². The number of hydrogen-bond donors (Lipinski definition) is 1. The Labute approximate surface area is 142 Å². The van der Waals surface area contributed by atoms with Crippen LogP contribution in [0.1, 0.15) is 16.3 Å². The molecule has 118 valence electrons. The molecule has 0 radical (unpaired) electrons. The number of nitrogens with one attached hydrogen (secondary N) is 1. The molecule has 7 heteroatoms. The summed E-state index contributed by atoms with van der Waals surface area (Å²) >= 11 is 7.62. The van der Waals surface area contributed by atoms with Crippen molar-refractivity contribution in [2.75, 3.05) is 0 Å². The van der Waals surface area contributed by atoms with Crippen LogP contribution < -0.4 is 5.32 Å². The number of hydrogen-bond acceptors (Lipinski definition) is 5. The van der Waals surface area contributed by atoms with Crippen LogP contribution in [0.3, 0.4) is 0 Å². The number of carbonyl (C=O) groups excluding carboxylic acids is 1. The van der Waals surface area contributed by atoms with E-state index in [4.69, 9.17) is 16.0 Å². The molecule has 5 nitrogen and oxygen atoms in total. The van der Waals surface area contributed by atoms with Gasteiger partial charge >= 0.3 is 0 Å². The summed E-state index contributed by atoms with van der Waals surface area (Å²) in [6.45, 7) is 2.21. The SMILES string of the molecule is Cc1ccc(-c2nnc(CNC(=O)Cc3ccccc3Cl)o2)s1. The Hall–Kier alpha value is -2.18. The van der Waals surface area contributed by atoms with Crippen molar-refractivity contribution in [2.45, 2.75) is 19.9 Å². The van der Waals surface area contributed by atoms with E-state index in [9.17, 15) is 4.79 Å². The van der Waals surface area contributed by atoms with Crippen molar-refractivity contribution in [1.29, 1.82) is 0 Å². The molecule has 23 heavy (non-hydrogen) atoms. The van der Waals surface area contributed by atoms with Gasteiger partial charge in [0.2, 0.25) is 11.8 Å². The summed E-state index contributed by atoms with van der Waals surface area (Å²) in [6, 6.07) is 11.2. The van der Waals surface area contributed by atoms with E-state index in [2.05, 4.69) is 15.5 Å². The third-order valence-corrected chi connectivity index (χ3v) is 4.52. The second-order valence-electron chi connectivity index (χ2n) is 4.96. The van der Waals surface area contributed by atoms with Gasteiger partial charge in [0, 0.05) is 9.90 Å². The van der Waals surface area contributed by atoms with Crippen LogP contribution in [-0.2, 0) is 17.8 Å². The highest BCUT2D eigenvalue weighted by Crippen LogP contribution is 2.26. The Bertz CT molecular complexity index is 828. The summed E-state index contributed by atoms with van der Waals surface area (Å²) in [4.78, 5) is 14.1. The van der Waals surface area contributed by atoms with Crippen LogP contribution in [0.5, 0.6) is 0 Å². The lowest BCUT2D eigenvalue weighted by atomic mass is 10.1. The molecule has 0 atom stereocenters. The molecule has 0 bridgehead atoms. The monoisotopic (exact) mass is 347 g/mol. The Morgan fingerprint density at radius 2 is 2.09 bits per heavy atom. The van der Waals surface area contributed by atoms with E-state index in [0.29, 0.717) is 16.8 Å². The van der Waals surface area contributed by atoms with Crippen molar-refractivity contribution < 1.29 is 9.21 Å². The van der Waals surface area contributed by atoms with Crippen LogP contribution in [0.2, 0.25) is 5.02 Å². The van der Waals surface area contributed by atoms with Gasteiger partial charge in [-0.25, -0.2) is 0 Å². The molecule has 3 aromatic rings. The van der Waals surface area contributed by atoms with Crippen LogP contribution in [-0.4, -0.2) is 16.1 Å². The number of nitrogens with zero attached hydrogens (tertiary/aromatic N) is 2. The standard InChI is InChI=1S/C16H14ClN3O2S/c1-10-6-7-13(23-10)16-20-19-15(22-16)9-18-14(21)8-11-4-2-3-5-12(11)17/h2-7H,8-9H2,1H3,(H,18,21). The van der Waals surface area contributed by atoms with Crippen molar-refractivity contribution in [3.8, 4) is 10.8 Å². The second-order valence-corrected chi connectivity index (χ2v) is 6.65. The average Bonchev–Trinajstić information content (AvgIpc) is 3.16. The number of halogens is 1. The fourth-order valence-corrected chi connectivity index (χ4v) is 3.02. The van der Waals surface area contributed by atoms with Gasteiger partial charge < -0.3 is 9.73 Å². The van der Waals surface area contributed by atoms with Gasteiger partial charge in [-0.2, -0.15) is 0 Å². The first-order valence-corrected chi connectivity index (χ1v) is 8.20. The lowest BCUT2D eigenvalue weighted by Crippen LogP contribution is -2.24. The van der Waals surface area contributed by atoms with E-state index in [1.807, 2.05) is 37.3 Å². The fraction of sp³-hybridized carbons (Fsp3) is 0.188. The van der Waals surface area contributed by atoms with E-state index < -0.39 is 0 Å². The number of carbonyl (C=O) groups is 1. The molecule has 0 aliphatic rings. The molecule has 1 aromatic carbocycles. The molecule has 0 fully saturated rings.